The molecule has 0 saturated heterocycles. The van der Waals surface area contributed by atoms with Crippen LogP contribution >= 0.6 is 35.0 Å². The minimum Gasteiger partial charge on any atom is -0.353 e. The molecule has 0 fully saturated rings. The summed E-state index contributed by atoms with van der Waals surface area (Å²) in [6.45, 7) is 1.74. The van der Waals surface area contributed by atoms with Crippen molar-refractivity contribution in [1.29, 1.82) is 5.26 Å². The second-order valence-corrected chi connectivity index (χ2v) is 11.8. The first kappa shape index (κ1) is 31.6. The molecule has 4 aromatic rings. The maximum absolute atomic E-state index is 13.6. The average molecular weight is 654 g/mol. The van der Waals surface area contributed by atoms with E-state index in [0.29, 0.717) is 48.8 Å². The molecule has 1 aliphatic heterocycles. The fraction of sp³-hybridized carbons (Fsp3) is 0.0857. The van der Waals surface area contributed by atoms with Crippen LogP contribution in [0, 0.1) is 11.3 Å². The van der Waals surface area contributed by atoms with Gasteiger partial charge in [-0.15, -0.1) is 0 Å². The van der Waals surface area contributed by atoms with Crippen molar-refractivity contribution in [2.24, 2.45) is 0 Å². The van der Waals surface area contributed by atoms with Crippen molar-refractivity contribution in [2.75, 3.05) is 16.4 Å². The molecular formula is C35H26Cl2N4O3S. The van der Waals surface area contributed by atoms with Gasteiger partial charge < -0.3 is 16.0 Å². The summed E-state index contributed by atoms with van der Waals surface area (Å²) in [5.41, 5.74) is 3.32. The molecule has 1 aliphatic rings. The Morgan fingerprint density at radius 2 is 1.56 bits per heavy atom. The Labute approximate surface area is 274 Å². The number of hydrogen-bond acceptors (Lipinski definition) is 6. The van der Waals surface area contributed by atoms with Crippen LogP contribution in [0.15, 0.2) is 125 Å². The van der Waals surface area contributed by atoms with Gasteiger partial charge in [0.2, 0.25) is 5.91 Å². The van der Waals surface area contributed by atoms with Gasteiger partial charge in [-0.05, 0) is 48.9 Å². The largest absolute Gasteiger partial charge is 0.353 e. The summed E-state index contributed by atoms with van der Waals surface area (Å²) < 4.78 is 0. The van der Waals surface area contributed by atoms with Gasteiger partial charge in [0.25, 0.3) is 5.91 Å². The molecule has 0 aromatic heterocycles. The number of rotatable bonds is 9. The SMILES string of the molecule is CC1=C(C(=O)Nc2ccccc2)C(c2ccccc2Cl)C(C#N)=C(SCC(=O)Nc2ccc(Cl)cc2C(=O)c2ccccc2)N1. The third-order valence-corrected chi connectivity index (χ3v) is 8.62. The van der Waals surface area contributed by atoms with Crippen LogP contribution in [0.5, 0.6) is 0 Å². The summed E-state index contributed by atoms with van der Waals surface area (Å²) in [6.07, 6.45) is 0. The Morgan fingerprint density at radius 1 is 0.889 bits per heavy atom. The van der Waals surface area contributed by atoms with E-state index in [9.17, 15) is 19.6 Å². The van der Waals surface area contributed by atoms with Crippen molar-refractivity contribution in [2.45, 2.75) is 12.8 Å². The normalized spacial score (nSPS) is 14.3. The van der Waals surface area contributed by atoms with E-state index in [1.807, 2.05) is 24.3 Å². The first-order chi connectivity index (χ1) is 21.8. The maximum atomic E-state index is 13.6. The smallest absolute Gasteiger partial charge is 0.254 e. The molecule has 0 saturated carbocycles. The lowest BCUT2D eigenvalue weighted by molar-refractivity contribution is -0.114. The van der Waals surface area contributed by atoms with Crippen molar-refractivity contribution in [3.05, 3.63) is 152 Å². The van der Waals surface area contributed by atoms with Gasteiger partial charge in [-0.25, -0.2) is 0 Å². The molecule has 3 N–H and O–H groups in total. The topological polar surface area (TPSA) is 111 Å². The standard InChI is InChI=1S/C35H26Cl2N4O3S/c1-21-31(34(44)40-24-12-6-3-7-13-24)32(25-14-8-9-15-28(25)37)27(19-38)35(39-21)45-20-30(42)41-29-17-16-23(36)18-26(29)33(43)22-10-4-2-5-11-22/h2-18,32,39H,20H2,1H3,(H,40,44)(H,41,42). The lowest BCUT2D eigenvalue weighted by Gasteiger charge is -2.30. The zero-order valence-electron chi connectivity index (χ0n) is 23.9. The van der Waals surface area contributed by atoms with Gasteiger partial charge in [-0.3, -0.25) is 14.4 Å². The van der Waals surface area contributed by atoms with Crippen LogP contribution in [-0.2, 0) is 9.59 Å². The minimum absolute atomic E-state index is 0.0941. The van der Waals surface area contributed by atoms with Gasteiger partial charge in [0.1, 0.15) is 0 Å². The highest BCUT2D eigenvalue weighted by molar-refractivity contribution is 8.03. The van der Waals surface area contributed by atoms with Gasteiger partial charge in [0, 0.05) is 38.1 Å². The molecular weight excluding hydrogens is 627 g/mol. The second kappa shape index (κ2) is 14.3. The van der Waals surface area contributed by atoms with E-state index in [2.05, 4.69) is 22.0 Å². The third-order valence-electron chi connectivity index (χ3n) is 7.02. The van der Waals surface area contributed by atoms with Gasteiger partial charge >= 0.3 is 0 Å². The number of carbonyl (C=O) groups is 3. The lowest BCUT2D eigenvalue weighted by atomic mass is 9.82. The summed E-state index contributed by atoms with van der Waals surface area (Å²) in [6, 6.07) is 31.7. The molecule has 4 aromatic carbocycles. The molecule has 2 amide bonds. The Balaban J connectivity index is 1.41. The Kier molecular flexibility index (Phi) is 10.1. The highest BCUT2D eigenvalue weighted by atomic mass is 35.5. The van der Waals surface area contributed by atoms with Crippen LogP contribution in [-0.4, -0.2) is 23.4 Å². The summed E-state index contributed by atoms with van der Waals surface area (Å²) in [7, 11) is 0. The number of allylic oxidation sites excluding steroid dienone is 2. The number of dihydropyridines is 1. The quantitative estimate of drug-likeness (QED) is 0.158. The van der Waals surface area contributed by atoms with E-state index in [-0.39, 0.29) is 28.6 Å². The molecule has 224 valence electrons. The summed E-state index contributed by atoms with van der Waals surface area (Å²) in [4.78, 5) is 40.0. The van der Waals surface area contributed by atoms with Gasteiger partial charge in [0.05, 0.1) is 34.0 Å². The number of carbonyl (C=O) groups excluding carboxylic acids is 3. The molecule has 1 unspecified atom stereocenters. The molecule has 0 bridgehead atoms. The number of hydrogen-bond donors (Lipinski definition) is 3. The van der Waals surface area contributed by atoms with Crippen LogP contribution in [0.3, 0.4) is 0 Å². The maximum Gasteiger partial charge on any atom is 0.254 e. The van der Waals surface area contributed by atoms with Crippen LogP contribution in [0.1, 0.15) is 34.3 Å². The molecule has 10 heteroatoms. The monoisotopic (exact) mass is 652 g/mol. The Bertz CT molecular complexity index is 1890. The predicted octanol–water partition coefficient (Wildman–Crippen LogP) is 7.93. The Hall–Kier alpha value is -4.81. The van der Waals surface area contributed by atoms with Crippen molar-refractivity contribution in [1.82, 2.24) is 5.32 Å². The van der Waals surface area contributed by atoms with E-state index < -0.39 is 11.8 Å². The van der Waals surface area contributed by atoms with Crippen molar-refractivity contribution < 1.29 is 14.4 Å². The van der Waals surface area contributed by atoms with E-state index in [0.717, 1.165) is 11.8 Å². The third kappa shape index (κ3) is 7.30. The van der Waals surface area contributed by atoms with E-state index in [1.165, 1.54) is 6.07 Å². The molecule has 1 heterocycles. The zero-order valence-corrected chi connectivity index (χ0v) is 26.3. The number of benzene rings is 4. The predicted molar refractivity (Wildman–Crippen MR) is 180 cm³/mol. The molecule has 0 radical (unpaired) electrons. The number of nitriles is 1. The van der Waals surface area contributed by atoms with Crippen molar-refractivity contribution in [3.63, 3.8) is 0 Å². The van der Waals surface area contributed by atoms with Gasteiger partial charge in [-0.1, -0.05) is 102 Å². The molecule has 1 atom stereocenters. The van der Waals surface area contributed by atoms with Gasteiger partial charge in [-0.2, -0.15) is 5.26 Å². The van der Waals surface area contributed by atoms with Crippen LogP contribution < -0.4 is 16.0 Å². The summed E-state index contributed by atoms with van der Waals surface area (Å²) in [5, 5.41) is 20.5. The number of halogens is 2. The highest BCUT2D eigenvalue weighted by Crippen LogP contribution is 2.43. The first-order valence-electron chi connectivity index (χ1n) is 13.8. The summed E-state index contributed by atoms with van der Waals surface area (Å²) in [5.74, 6) is -1.95. The number of nitrogens with one attached hydrogen (secondary N) is 3. The fourth-order valence-electron chi connectivity index (χ4n) is 4.95. The number of thioether (sulfide) groups is 1. The molecule has 0 spiro atoms. The Morgan fingerprint density at radius 3 is 2.24 bits per heavy atom. The molecule has 5 rings (SSSR count). The van der Waals surface area contributed by atoms with E-state index in [4.69, 9.17) is 23.2 Å². The highest BCUT2D eigenvalue weighted by Gasteiger charge is 2.36. The van der Waals surface area contributed by atoms with E-state index >= 15 is 0 Å². The van der Waals surface area contributed by atoms with Crippen molar-refractivity contribution in [3.8, 4) is 6.07 Å². The first-order valence-corrected chi connectivity index (χ1v) is 15.6. The minimum atomic E-state index is -0.786. The number of amides is 2. The number of nitrogens with zero attached hydrogens (tertiary/aromatic N) is 1. The average Bonchev–Trinajstić information content (AvgIpc) is 3.05. The van der Waals surface area contributed by atoms with Crippen LogP contribution in [0.2, 0.25) is 10.0 Å². The number of para-hydroxylation sites is 1. The number of anilines is 2. The second-order valence-electron chi connectivity index (χ2n) is 10.0. The van der Waals surface area contributed by atoms with E-state index in [1.54, 1.807) is 79.7 Å². The molecule has 0 aliphatic carbocycles. The van der Waals surface area contributed by atoms with Crippen LogP contribution in [0.4, 0.5) is 11.4 Å². The molecule has 45 heavy (non-hydrogen) atoms. The van der Waals surface area contributed by atoms with Crippen molar-refractivity contribution >= 4 is 63.9 Å². The number of ketones is 1. The zero-order chi connectivity index (χ0) is 31.9. The van der Waals surface area contributed by atoms with Gasteiger partial charge in [0.15, 0.2) is 5.78 Å². The van der Waals surface area contributed by atoms with Crippen LogP contribution in [0.25, 0.3) is 0 Å². The fourth-order valence-corrected chi connectivity index (χ4v) is 6.26. The lowest BCUT2D eigenvalue weighted by Crippen LogP contribution is -2.31. The molecule has 7 nitrogen and oxygen atoms in total. The summed E-state index contributed by atoms with van der Waals surface area (Å²) >= 11 is 13.9.